The Kier molecular flexibility index (Phi) is 6.33. The Bertz CT molecular complexity index is 424. The summed E-state index contributed by atoms with van der Waals surface area (Å²) in [6, 6.07) is 0.0489. The van der Waals surface area contributed by atoms with Gasteiger partial charge in [0.1, 0.15) is 5.60 Å². The van der Waals surface area contributed by atoms with Crippen molar-refractivity contribution in [2.75, 3.05) is 0 Å². The quantitative estimate of drug-likeness (QED) is 0.780. The van der Waals surface area contributed by atoms with E-state index in [0.717, 1.165) is 12.8 Å². The fraction of sp³-hybridized carbons (Fsp3) is 0.824. The number of rotatable bonds is 5. The molecule has 132 valence electrons. The Morgan fingerprint density at radius 3 is 2.22 bits per heavy atom. The molecule has 1 N–H and O–H groups in total. The largest absolute Gasteiger partial charge is 0.486 e. The van der Waals surface area contributed by atoms with Gasteiger partial charge in [0.15, 0.2) is 0 Å². The summed E-state index contributed by atoms with van der Waals surface area (Å²) in [6.07, 6.45) is 3.33. The molecule has 0 saturated carbocycles. The van der Waals surface area contributed by atoms with Gasteiger partial charge in [-0.25, -0.2) is 4.79 Å². The molecule has 0 unspecified atom stereocenters. The molecular weight excluding hydrogens is 293 g/mol. The van der Waals surface area contributed by atoms with Crippen molar-refractivity contribution in [1.82, 2.24) is 5.32 Å². The number of ether oxygens (including phenoxy) is 1. The monoisotopic (exact) mass is 325 g/mol. The first-order valence-electron chi connectivity index (χ1n) is 8.34. The summed E-state index contributed by atoms with van der Waals surface area (Å²) in [4.78, 5) is 11.7. The van der Waals surface area contributed by atoms with E-state index in [0.29, 0.717) is 0 Å². The lowest BCUT2D eigenvalue weighted by Gasteiger charge is -2.32. The van der Waals surface area contributed by atoms with Gasteiger partial charge in [-0.3, -0.25) is 0 Å². The molecule has 1 saturated heterocycles. The average Bonchev–Trinajstić information content (AvgIpc) is 2.50. The molecule has 5 nitrogen and oxygen atoms in total. The second-order valence-corrected chi connectivity index (χ2v) is 8.18. The van der Waals surface area contributed by atoms with E-state index in [9.17, 15) is 4.79 Å². The summed E-state index contributed by atoms with van der Waals surface area (Å²) in [6.45, 7) is 15.7. The molecule has 1 atom stereocenters. The maximum atomic E-state index is 11.7. The Labute approximate surface area is 141 Å². The molecule has 0 aromatic heterocycles. The van der Waals surface area contributed by atoms with Crippen LogP contribution in [0, 0.1) is 0 Å². The van der Waals surface area contributed by atoms with E-state index < -0.39 is 5.60 Å². The van der Waals surface area contributed by atoms with Crippen LogP contribution in [0.25, 0.3) is 0 Å². The number of carbonyl (C=O) groups excluding carboxylic acids is 1. The van der Waals surface area contributed by atoms with Gasteiger partial charge in [-0.2, -0.15) is 0 Å². The molecule has 0 bridgehead atoms. The third kappa shape index (κ3) is 6.55. The zero-order valence-electron chi connectivity index (χ0n) is 15.9. The van der Waals surface area contributed by atoms with Crippen molar-refractivity contribution < 1.29 is 18.8 Å². The van der Waals surface area contributed by atoms with Crippen LogP contribution in [0.15, 0.2) is 12.1 Å². The predicted molar refractivity (Wildman–Crippen MR) is 93.3 cm³/mol. The topological polar surface area (TPSA) is 56.8 Å². The van der Waals surface area contributed by atoms with E-state index >= 15 is 0 Å². The number of alkyl carbamates (subject to hydrolysis) is 1. The molecule has 6 heteroatoms. The van der Waals surface area contributed by atoms with E-state index in [1.807, 2.05) is 67.4 Å². The lowest BCUT2D eigenvalue weighted by atomic mass is 9.89. The van der Waals surface area contributed by atoms with Crippen LogP contribution < -0.4 is 5.32 Å². The van der Waals surface area contributed by atoms with Gasteiger partial charge in [0, 0.05) is 6.04 Å². The molecule has 0 spiro atoms. The number of hydrogen-bond acceptors (Lipinski definition) is 4. The van der Waals surface area contributed by atoms with E-state index in [2.05, 4.69) is 5.32 Å². The zero-order valence-corrected chi connectivity index (χ0v) is 15.9. The molecule has 1 fully saturated rings. The minimum absolute atomic E-state index is 0.0489. The number of hydrogen-bond donors (Lipinski definition) is 1. The van der Waals surface area contributed by atoms with E-state index in [4.69, 9.17) is 14.0 Å². The highest BCUT2D eigenvalue weighted by molar-refractivity contribution is 6.51. The van der Waals surface area contributed by atoms with Gasteiger partial charge >= 0.3 is 13.2 Å². The molecule has 0 radical (unpaired) electrons. The first kappa shape index (κ1) is 20.0. The van der Waals surface area contributed by atoms with Crippen molar-refractivity contribution in [1.29, 1.82) is 0 Å². The van der Waals surface area contributed by atoms with Gasteiger partial charge < -0.3 is 19.4 Å². The minimum atomic E-state index is -0.472. The summed E-state index contributed by atoms with van der Waals surface area (Å²) < 4.78 is 17.0. The van der Waals surface area contributed by atoms with Crippen LogP contribution in [-0.4, -0.2) is 36.1 Å². The minimum Gasteiger partial charge on any atom is -0.444 e. The molecule has 0 aliphatic carbocycles. The van der Waals surface area contributed by atoms with Gasteiger partial charge in [0.2, 0.25) is 0 Å². The second-order valence-electron chi connectivity index (χ2n) is 8.18. The van der Waals surface area contributed by atoms with Gasteiger partial charge in [0.25, 0.3) is 0 Å². The van der Waals surface area contributed by atoms with Crippen molar-refractivity contribution in [3.05, 3.63) is 12.1 Å². The Morgan fingerprint density at radius 1 is 1.22 bits per heavy atom. The number of carbonyl (C=O) groups is 1. The normalized spacial score (nSPS) is 21.5. The molecule has 1 aliphatic rings. The van der Waals surface area contributed by atoms with Crippen LogP contribution in [0.1, 0.15) is 68.2 Å². The standard InChI is InChI=1S/C17H32BNO4/c1-13(19-14(20)21-15(2,3)4)11-9-10-12-18-22-16(5,6)17(7,8)23-18/h10,12-13H,9,11H2,1-8H3,(H,19,20)/b12-10+/t13-/m0/s1. The zero-order chi connectivity index (χ0) is 17.9. The molecular formula is C17H32BNO4. The smallest absolute Gasteiger partial charge is 0.444 e. The van der Waals surface area contributed by atoms with Crippen LogP contribution in [0.4, 0.5) is 4.79 Å². The summed E-state index contributed by atoms with van der Waals surface area (Å²) >= 11 is 0. The van der Waals surface area contributed by atoms with Crippen LogP contribution >= 0.6 is 0 Å². The third-order valence-electron chi connectivity index (χ3n) is 4.09. The van der Waals surface area contributed by atoms with Crippen molar-refractivity contribution in [3.8, 4) is 0 Å². The molecule has 0 aromatic carbocycles. The maximum absolute atomic E-state index is 11.7. The fourth-order valence-corrected chi connectivity index (χ4v) is 2.10. The lowest BCUT2D eigenvalue weighted by molar-refractivity contribution is 0.00578. The van der Waals surface area contributed by atoms with Crippen LogP contribution in [-0.2, 0) is 14.0 Å². The van der Waals surface area contributed by atoms with E-state index in [-0.39, 0.29) is 30.5 Å². The van der Waals surface area contributed by atoms with Crippen molar-refractivity contribution >= 4 is 13.2 Å². The SMILES string of the molecule is C[C@@H](CC/C=C/B1OC(C)(C)C(C)(C)O1)NC(=O)OC(C)(C)C. The van der Waals surface area contributed by atoms with E-state index in [1.54, 1.807) is 0 Å². The molecule has 0 aromatic rings. The highest BCUT2D eigenvalue weighted by Crippen LogP contribution is 2.36. The molecule has 1 aliphatic heterocycles. The summed E-state index contributed by atoms with van der Waals surface area (Å²) in [7, 11) is -0.311. The molecule has 1 heterocycles. The molecule has 23 heavy (non-hydrogen) atoms. The highest BCUT2D eigenvalue weighted by atomic mass is 16.7. The van der Waals surface area contributed by atoms with Gasteiger partial charge in [0.05, 0.1) is 11.2 Å². The van der Waals surface area contributed by atoms with Crippen LogP contribution in [0.3, 0.4) is 0 Å². The Morgan fingerprint density at radius 2 is 1.74 bits per heavy atom. The molecule has 1 amide bonds. The number of nitrogens with one attached hydrogen (secondary N) is 1. The van der Waals surface area contributed by atoms with Crippen LogP contribution in [0.5, 0.6) is 0 Å². The average molecular weight is 325 g/mol. The van der Waals surface area contributed by atoms with Crippen molar-refractivity contribution in [2.24, 2.45) is 0 Å². The number of allylic oxidation sites excluding steroid dienone is 1. The summed E-state index contributed by atoms with van der Waals surface area (Å²) in [5.41, 5.74) is -1.10. The van der Waals surface area contributed by atoms with Gasteiger partial charge in [-0.05, 0) is 68.2 Å². The van der Waals surface area contributed by atoms with Gasteiger partial charge in [-0.1, -0.05) is 12.1 Å². The van der Waals surface area contributed by atoms with Gasteiger partial charge in [-0.15, -0.1) is 0 Å². The predicted octanol–water partition coefficient (Wildman–Crippen LogP) is 3.87. The van der Waals surface area contributed by atoms with E-state index in [1.165, 1.54) is 0 Å². The number of amides is 1. The first-order valence-corrected chi connectivity index (χ1v) is 8.34. The summed E-state index contributed by atoms with van der Waals surface area (Å²) in [5, 5.41) is 2.83. The second kappa shape index (κ2) is 7.26. The Hall–Kier alpha value is -1.01. The summed E-state index contributed by atoms with van der Waals surface area (Å²) in [5.74, 6) is 1.94. The highest BCUT2D eigenvalue weighted by Gasteiger charge is 2.49. The third-order valence-corrected chi connectivity index (χ3v) is 4.09. The fourth-order valence-electron chi connectivity index (χ4n) is 2.10. The maximum Gasteiger partial charge on any atom is 0.486 e. The van der Waals surface area contributed by atoms with Crippen molar-refractivity contribution in [3.63, 3.8) is 0 Å². The Balaban J connectivity index is 2.30. The van der Waals surface area contributed by atoms with Crippen molar-refractivity contribution in [2.45, 2.75) is 91.1 Å². The lowest BCUT2D eigenvalue weighted by Crippen LogP contribution is -2.41. The molecule has 1 rings (SSSR count). The van der Waals surface area contributed by atoms with Crippen LogP contribution in [0.2, 0.25) is 0 Å². The first-order chi connectivity index (χ1) is 10.3.